The lowest BCUT2D eigenvalue weighted by molar-refractivity contribution is -0.166. The first-order valence-electron chi connectivity index (χ1n) is 12.6. The van der Waals surface area contributed by atoms with E-state index in [2.05, 4.69) is 22.0 Å². The fourth-order valence-corrected chi connectivity index (χ4v) is 9.85. The van der Waals surface area contributed by atoms with Crippen molar-refractivity contribution in [3.05, 3.63) is 12.2 Å². The topological polar surface area (TPSA) is 81.2 Å². The number of imide groups is 2. The van der Waals surface area contributed by atoms with E-state index in [0.29, 0.717) is 13.3 Å². The van der Waals surface area contributed by atoms with Gasteiger partial charge in [0.05, 0.1) is 37.0 Å². The van der Waals surface area contributed by atoms with Gasteiger partial charge in [0.1, 0.15) is 0 Å². The summed E-state index contributed by atoms with van der Waals surface area (Å²) in [5.74, 6) is 2.36. The first-order valence-corrected chi connectivity index (χ1v) is 14.9. The molecule has 6 fully saturated rings. The SMILES string of the molecule is O=C1[C@H]2[C@H]3C=C[C@@H]([C@@H]2C(=O)N1CN1CCSCC1)[C@H]1[C@H]2C(=O)N(CN4CCSCC4)C(=O)[C@@H]2[C@H]31. The van der Waals surface area contributed by atoms with E-state index < -0.39 is 0 Å². The molecule has 2 saturated carbocycles. The number of amides is 4. The Labute approximate surface area is 207 Å². The standard InChI is InChI=1S/C24H30N4O4S2/c29-21-17-13-1-2-14(18(17)22(30)27(21)11-25-3-7-33-8-4-25)16-15(13)19-20(16)24(32)28(23(19)31)12-26-5-9-34-10-6-26/h1-2,13-20H,3-12H2/t13-,14+,15-,16-,17+,18+,19-,20-/m1/s1. The molecule has 0 aromatic heterocycles. The van der Waals surface area contributed by atoms with E-state index in [1.165, 1.54) is 9.80 Å². The van der Waals surface area contributed by atoms with Crippen LogP contribution in [0.2, 0.25) is 0 Å². The summed E-state index contributed by atoms with van der Waals surface area (Å²) in [6, 6.07) is 0. The van der Waals surface area contributed by atoms with Crippen LogP contribution < -0.4 is 0 Å². The average Bonchev–Trinajstić information content (AvgIpc) is 3.21. The van der Waals surface area contributed by atoms with Crippen LogP contribution in [0.25, 0.3) is 0 Å². The Balaban J connectivity index is 1.13. The summed E-state index contributed by atoms with van der Waals surface area (Å²) in [5, 5.41) is 0. The average molecular weight is 503 g/mol. The van der Waals surface area contributed by atoms with Crippen molar-refractivity contribution in [2.75, 3.05) is 62.5 Å². The van der Waals surface area contributed by atoms with Crippen molar-refractivity contribution in [3.63, 3.8) is 0 Å². The van der Waals surface area contributed by atoms with Gasteiger partial charge >= 0.3 is 0 Å². The molecule has 34 heavy (non-hydrogen) atoms. The Hall–Kier alpha value is -1.36. The van der Waals surface area contributed by atoms with Gasteiger partial charge in [0.15, 0.2) is 0 Å². The summed E-state index contributed by atoms with van der Waals surface area (Å²) in [5.41, 5.74) is 0. The number of carbonyl (C=O) groups is 4. The lowest BCUT2D eigenvalue weighted by atomic mass is 9.40. The quantitative estimate of drug-likeness (QED) is 0.400. The van der Waals surface area contributed by atoms with Crippen LogP contribution in [0.15, 0.2) is 12.2 Å². The van der Waals surface area contributed by atoms with E-state index in [0.717, 1.165) is 49.2 Å². The molecule has 8 aliphatic rings. The maximum absolute atomic E-state index is 13.5. The normalized spacial score (nSPS) is 43.9. The molecular formula is C24H30N4O4S2. The number of thioether (sulfide) groups is 2. The molecule has 4 heterocycles. The maximum atomic E-state index is 13.5. The van der Waals surface area contributed by atoms with Gasteiger partial charge in [0.25, 0.3) is 0 Å². The van der Waals surface area contributed by atoms with Crippen LogP contribution in [0.1, 0.15) is 0 Å². The van der Waals surface area contributed by atoms with Crippen molar-refractivity contribution in [3.8, 4) is 0 Å². The van der Waals surface area contributed by atoms with Crippen LogP contribution in [-0.4, -0.2) is 106 Å². The van der Waals surface area contributed by atoms with Gasteiger partial charge in [-0.05, 0) is 23.7 Å². The maximum Gasteiger partial charge on any atom is 0.234 e. The van der Waals surface area contributed by atoms with E-state index in [1.807, 2.05) is 23.5 Å². The highest BCUT2D eigenvalue weighted by Crippen LogP contribution is 2.68. The minimum Gasteiger partial charge on any atom is -0.284 e. The largest absolute Gasteiger partial charge is 0.284 e. The van der Waals surface area contributed by atoms with Crippen LogP contribution in [0.4, 0.5) is 0 Å². The number of hydrogen-bond acceptors (Lipinski definition) is 8. The zero-order chi connectivity index (χ0) is 23.1. The number of hydrogen-bond donors (Lipinski definition) is 0. The highest BCUT2D eigenvalue weighted by Gasteiger charge is 2.75. The fraction of sp³-hybridized carbons (Fsp3) is 0.750. The second-order valence-corrected chi connectivity index (χ2v) is 13.2. The van der Waals surface area contributed by atoms with Gasteiger partial charge < -0.3 is 0 Å². The molecular weight excluding hydrogens is 472 g/mol. The summed E-state index contributed by atoms with van der Waals surface area (Å²) in [7, 11) is 0. The molecule has 8 atom stereocenters. The molecule has 4 amide bonds. The van der Waals surface area contributed by atoms with Crippen LogP contribution in [-0.2, 0) is 19.2 Å². The van der Waals surface area contributed by atoms with Crippen molar-refractivity contribution < 1.29 is 19.2 Å². The minimum atomic E-state index is -0.361. The molecule has 8 rings (SSSR count). The molecule has 2 bridgehead atoms. The second kappa shape index (κ2) is 8.08. The molecule has 0 aromatic rings. The zero-order valence-corrected chi connectivity index (χ0v) is 20.7. The molecule has 0 aromatic carbocycles. The van der Waals surface area contributed by atoms with Crippen LogP contribution in [0.5, 0.6) is 0 Å². The molecule has 0 spiro atoms. The Morgan fingerprint density at radius 2 is 0.941 bits per heavy atom. The number of allylic oxidation sites excluding steroid dienone is 2. The van der Waals surface area contributed by atoms with Gasteiger partial charge in [-0.3, -0.25) is 38.8 Å². The van der Waals surface area contributed by atoms with Gasteiger partial charge in [-0.1, -0.05) is 12.2 Å². The molecule has 0 unspecified atom stereocenters. The van der Waals surface area contributed by atoms with E-state index in [4.69, 9.17) is 0 Å². The summed E-state index contributed by atoms with van der Waals surface area (Å²) in [4.78, 5) is 61.3. The van der Waals surface area contributed by atoms with Gasteiger partial charge in [-0.15, -0.1) is 0 Å². The lowest BCUT2D eigenvalue weighted by Gasteiger charge is -2.60. The van der Waals surface area contributed by atoms with Gasteiger partial charge in [-0.25, -0.2) is 0 Å². The molecule has 4 aliphatic carbocycles. The highest BCUT2D eigenvalue weighted by molar-refractivity contribution is 7.99. The molecule has 0 radical (unpaired) electrons. The number of carbonyl (C=O) groups excluding carboxylic acids is 4. The Morgan fingerprint density at radius 1 is 0.588 bits per heavy atom. The molecule has 182 valence electrons. The lowest BCUT2D eigenvalue weighted by Crippen LogP contribution is -2.63. The first kappa shape index (κ1) is 21.9. The summed E-state index contributed by atoms with van der Waals surface area (Å²) in [6.45, 7) is 4.36. The van der Waals surface area contributed by atoms with Gasteiger partial charge in [0, 0.05) is 49.2 Å². The number of rotatable bonds is 4. The van der Waals surface area contributed by atoms with Crippen LogP contribution in [0, 0.1) is 47.3 Å². The Morgan fingerprint density at radius 3 is 1.32 bits per heavy atom. The highest BCUT2D eigenvalue weighted by atomic mass is 32.2. The zero-order valence-electron chi connectivity index (χ0n) is 19.1. The summed E-state index contributed by atoms with van der Waals surface area (Å²) in [6.07, 6.45) is 4.19. The van der Waals surface area contributed by atoms with Crippen molar-refractivity contribution in [1.29, 1.82) is 0 Å². The van der Waals surface area contributed by atoms with Crippen molar-refractivity contribution in [2.24, 2.45) is 47.3 Å². The van der Waals surface area contributed by atoms with E-state index in [1.54, 1.807) is 0 Å². The van der Waals surface area contributed by atoms with Crippen LogP contribution in [0.3, 0.4) is 0 Å². The third kappa shape index (κ3) is 2.94. The number of likely N-dealkylation sites (tertiary alicyclic amines) is 2. The molecule has 10 heteroatoms. The second-order valence-electron chi connectivity index (χ2n) is 10.8. The Bertz CT molecular complexity index is 922. The first-order chi connectivity index (χ1) is 16.6. The molecule has 8 nitrogen and oxygen atoms in total. The van der Waals surface area contributed by atoms with E-state index in [9.17, 15) is 19.2 Å². The molecule has 0 N–H and O–H groups in total. The van der Waals surface area contributed by atoms with Crippen molar-refractivity contribution >= 4 is 47.2 Å². The smallest absolute Gasteiger partial charge is 0.234 e. The predicted molar refractivity (Wildman–Crippen MR) is 128 cm³/mol. The van der Waals surface area contributed by atoms with Gasteiger partial charge in [0.2, 0.25) is 23.6 Å². The van der Waals surface area contributed by atoms with E-state index >= 15 is 0 Å². The van der Waals surface area contributed by atoms with Crippen LogP contribution >= 0.6 is 23.5 Å². The third-order valence-corrected chi connectivity index (χ3v) is 11.3. The van der Waals surface area contributed by atoms with E-state index in [-0.39, 0.29) is 71.0 Å². The minimum absolute atomic E-state index is 0.0164. The van der Waals surface area contributed by atoms with Gasteiger partial charge in [-0.2, -0.15) is 23.5 Å². The van der Waals surface area contributed by atoms with Crippen molar-refractivity contribution in [2.45, 2.75) is 0 Å². The number of fused-ring (bicyclic) bond motifs is 1. The fourth-order valence-electron chi connectivity index (χ4n) is 7.89. The van der Waals surface area contributed by atoms with Crippen molar-refractivity contribution in [1.82, 2.24) is 19.6 Å². The third-order valence-electron chi connectivity index (χ3n) is 9.42. The predicted octanol–water partition coefficient (Wildman–Crippen LogP) is 0.263. The molecule has 4 saturated heterocycles. The monoisotopic (exact) mass is 502 g/mol. The number of nitrogens with zero attached hydrogens (tertiary/aromatic N) is 4. The molecule has 4 aliphatic heterocycles. The Kier molecular flexibility index (Phi) is 5.20. The summed E-state index contributed by atoms with van der Waals surface area (Å²) < 4.78 is 0. The summed E-state index contributed by atoms with van der Waals surface area (Å²) >= 11 is 3.81.